The van der Waals surface area contributed by atoms with E-state index >= 15 is 0 Å². The van der Waals surface area contributed by atoms with Crippen LogP contribution in [0, 0.1) is 23.2 Å². The highest BCUT2D eigenvalue weighted by atomic mass is 15.1. The van der Waals surface area contributed by atoms with Crippen molar-refractivity contribution in [3.8, 4) is 6.07 Å². The number of likely N-dealkylation sites (tertiary alicyclic amines) is 1. The molecule has 0 bridgehead atoms. The summed E-state index contributed by atoms with van der Waals surface area (Å²) < 4.78 is 0. The van der Waals surface area contributed by atoms with Gasteiger partial charge in [-0.2, -0.15) is 5.26 Å². The molecule has 3 atom stereocenters. The van der Waals surface area contributed by atoms with Gasteiger partial charge in [-0.15, -0.1) is 0 Å². The van der Waals surface area contributed by atoms with Crippen LogP contribution in [-0.2, 0) is 0 Å². The summed E-state index contributed by atoms with van der Waals surface area (Å²) in [6.07, 6.45) is 4.47. The van der Waals surface area contributed by atoms with E-state index in [-0.39, 0.29) is 5.54 Å². The van der Waals surface area contributed by atoms with Crippen LogP contribution in [0.15, 0.2) is 0 Å². The first-order chi connectivity index (χ1) is 9.00. The summed E-state index contributed by atoms with van der Waals surface area (Å²) in [4.78, 5) is 2.57. The van der Waals surface area contributed by atoms with E-state index < -0.39 is 0 Å². The van der Waals surface area contributed by atoms with Gasteiger partial charge in [-0.25, -0.2) is 0 Å². The van der Waals surface area contributed by atoms with E-state index in [1.54, 1.807) is 0 Å². The van der Waals surface area contributed by atoms with Crippen LogP contribution in [0.1, 0.15) is 53.4 Å². The molecule has 1 aliphatic rings. The van der Waals surface area contributed by atoms with Crippen LogP contribution < -0.4 is 5.32 Å². The Morgan fingerprint density at radius 2 is 2.11 bits per heavy atom. The monoisotopic (exact) mass is 265 g/mol. The van der Waals surface area contributed by atoms with Crippen molar-refractivity contribution in [3.63, 3.8) is 0 Å². The zero-order valence-corrected chi connectivity index (χ0v) is 13.2. The molecule has 3 nitrogen and oxygen atoms in total. The van der Waals surface area contributed by atoms with Crippen molar-refractivity contribution in [3.05, 3.63) is 0 Å². The van der Waals surface area contributed by atoms with Gasteiger partial charge >= 0.3 is 0 Å². The molecule has 0 spiro atoms. The van der Waals surface area contributed by atoms with E-state index in [0.29, 0.717) is 0 Å². The highest BCUT2D eigenvalue weighted by molar-refractivity contribution is 5.03. The Kier molecular flexibility index (Phi) is 6.82. The zero-order chi connectivity index (χ0) is 14.3. The molecule has 0 aromatic rings. The Labute approximate surface area is 119 Å². The maximum Gasteiger partial charge on any atom is 0.103 e. The van der Waals surface area contributed by atoms with Gasteiger partial charge in [0.25, 0.3) is 0 Å². The van der Waals surface area contributed by atoms with Crippen LogP contribution in [0.4, 0.5) is 0 Å². The number of nitrogens with one attached hydrogen (secondary N) is 1. The van der Waals surface area contributed by atoms with Crippen LogP contribution in [0.25, 0.3) is 0 Å². The maximum absolute atomic E-state index is 9.30. The first-order valence-corrected chi connectivity index (χ1v) is 7.89. The van der Waals surface area contributed by atoms with E-state index in [9.17, 15) is 5.26 Å². The number of hydrogen-bond donors (Lipinski definition) is 1. The lowest BCUT2D eigenvalue weighted by Crippen LogP contribution is -2.43. The molecule has 0 aromatic heterocycles. The Balaban J connectivity index is 2.27. The molecule has 19 heavy (non-hydrogen) atoms. The van der Waals surface area contributed by atoms with E-state index in [4.69, 9.17) is 0 Å². The minimum atomic E-state index is -0.343. The molecule has 1 rings (SSSR count). The van der Waals surface area contributed by atoms with Crippen molar-refractivity contribution in [2.45, 2.75) is 58.9 Å². The van der Waals surface area contributed by atoms with Gasteiger partial charge in [0.05, 0.1) is 6.07 Å². The van der Waals surface area contributed by atoms with E-state index in [2.05, 4.69) is 37.1 Å². The lowest BCUT2D eigenvalue weighted by atomic mass is 9.88. The third-order valence-corrected chi connectivity index (χ3v) is 4.58. The summed E-state index contributed by atoms with van der Waals surface area (Å²) in [6, 6.07) is 2.44. The van der Waals surface area contributed by atoms with Gasteiger partial charge < -0.3 is 4.90 Å². The molecule has 1 saturated heterocycles. The second kappa shape index (κ2) is 7.87. The third kappa shape index (κ3) is 5.50. The van der Waals surface area contributed by atoms with Crippen LogP contribution in [0.5, 0.6) is 0 Å². The normalized spacial score (nSPS) is 27.7. The van der Waals surface area contributed by atoms with Gasteiger partial charge in [0.15, 0.2) is 0 Å². The molecule has 0 amide bonds. The van der Waals surface area contributed by atoms with Crippen LogP contribution in [0.3, 0.4) is 0 Å². The van der Waals surface area contributed by atoms with E-state index in [1.807, 2.05) is 6.92 Å². The molecule has 3 unspecified atom stereocenters. The summed E-state index contributed by atoms with van der Waals surface area (Å²) >= 11 is 0. The average molecular weight is 265 g/mol. The van der Waals surface area contributed by atoms with Crippen molar-refractivity contribution in [1.82, 2.24) is 10.2 Å². The molecule has 0 aromatic carbocycles. The predicted molar refractivity (Wildman–Crippen MR) is 80.9 cm³/mol. The minimum absolute atomic E-state index is 0.343. The molecule has 110 valence electrons. The van der Waals surface area contributed by atoms with Crippen LogP contribution in [-0.4, -0.2) is 36.6 Å². The fourth-order valence-electron chi connectivity index (χ4n) is 2.79. The lowest BCUT2D eigenvalue weighted by molar-refractivity contribution is 0.134. The quantitative estimate of drug-likeness (QED) is 0.769. The maximum atomic E-state index is 9.30. The molecular formula is C16H31N3. The Hall–Kier alpha value is -0.590. The lowest BCUT2D eigenvalue weighted by Gasteiger charge is -2.35. The Bertz CT molecular complexity index is 297. The zero-order valence-electron chi connectivity index (χ0n) is 13.2. The van der Waals surface area contributed by atoms with Gasteiger partial charge in [-0.05, 0) is 64.1 Å². The minimum Gasteiger partial charge on any atom is -0.303 e. The molecule has 0 radical (unpaired) electrons. The van der Waals surface area contributed by atoms with Crippen LogP contribution in [0.2, 0.25) is 0 Å². The highest BCUT2D eigenvalue weighted by Crippen LogP contribution is 2.23. The second-order valence-electron chi connectivity index (χ2n) is 6.52. The molecule has 0 aliphatic carbocycles. The van der Waals surface area contributed by atoms with Gasteiger partial charge in [0.1, 0.15) is 5.54 Å². The Morgan fingerprint density at radius 3 is 2.68 bits per heavy atom. The summed E-state index contributed by atoms with van der Waals surface area (Å²) in [5, 5.41) is 12.7. The molecular weight excluding hydrogens is 234 g/mol. The summed E-state index contributed by atoms with van der Waals surface area (Å²) in [6.45, 7) is 13.4. The van der Waals surface area contributed by atoms with Crippen molar-refractivity contribution in [2.24, 2.45) is 11.8 Å². The predicted octanol–water partition coefficient (Wildman–Crippen LogP) is 3.03. The van der Waals surface area contributed by atoms with Crippen molar-refractivity contribution in [1.29, 1.82) is 5.26 Å². The smallest absolute Gasteiger partial charge is 0.103 e. The molecule has 1 heterocycles. The average Bonchev–Trinajstić information content (AvgIpc) is 2.40. The fourth-order valence-corrected chi connectivity index (χ4v) is 2.79. The number of rotatable bonds is 7. The number of piperidine rings is 1. The molecule has 1 aliphatic heterocycles. The summed E-state index contributed by atoms with van der Waals surface area (Å²) in [5.74, 6) is 1.68. The standard InChI is InChI=1S/C16H31N3/c1-5-9-18-16(4,13-17)8-6-10-19-11-7-14(2)15(3)12-19/h14-15,18H,5-12H2,1-4H3. The number of nitriles is 1. The Morgan fingerprint density at radius 1 is 1.37 bits per heavy atom. The summed E-state index contributed by atoms with van der Waals surface area (Å²) in [7, 11) is 0. The number of hydrogen-bond acceptors (Lipinski definition) is 3. The van der Waals surface area contributed by atoms with Gasteiger partial charge in [-0.3, -0.25) is 5.32 Å². The molecule has 1 N–H and O–H groups in total. The van der Waals surface area contributed by atoms with Gasteiger partial charge in [0.2, 0.25) is 0 Å². The first-order valence-electron chi connectivity index (χ1n) is 7.89. The topological polar surface area (TPSA) is 39.1 Å². The van der Waals surface area contributed by atoms with Crippen molar-refractivity contribution < 1.29 is 0 Å². The third-order valence-electron chi connectivity index (χ3n) is 4.58. The second-order valence-corrected chi connectivity index (χ2v) is 6.52. The van der Waals surface area contributed by atoms with E-state index in [1.165, 1.54) is 19.5 Å². The SMILES string of the molecule is CCCNC(C)(C#N)CCCN1CCC(C)C(C)C1. The first kappa shape index (κ1) is 16.5. The van der Waals surface area contributed by atoms with Crippen molar-refractivity contribution in [2.75, 3.05) is 26.2 Å². The molecule has 1 fully saturated rings. The largest absolute Gasteiger partial charge is 0.303 e. The fraction of sp³-hybridized carbons (Fsp3) is 0.938. The van der Waals surface area contributed by atoms with Gasteiger partial charge in [0, 0.05) is 6.54 Å². The molecule has 0 saturated carbocycles. The van der Waals surface area contributed by atoms with Crippen molar-refractivity contribution >= 4 is 0 Å². The summed E-state index contributed by atoms with van der Waals surface area (Å²) in [5.41, 5.74) is -0.343. The number of nitrogens with zero attached hydrogens (tertiary/aromatic N) is 2. The van der Waals surface area contributed by atoms with Crippen LogP contribution >= 0.6 is 0 Å². The van der Waals surface area contributed by atoms with E-state index in [0.717, 1.165) is 44.2 Å². The molecule has 3 heteroatoms. The van der Waals surface area contributed by atoms with Gasteiger partial charge in [-0.1, -0.05) is 20.8 Å². The highest BCUT2D eigenvalue weighted by Gasteiger charge is 2.25.